The predicted octanol–water partition coefficient (Wildman–Crippen LogP) is 7.35. The standard InChI is InChI=1S/C27H19FN2O/c1-16-7-5-8-17(2)25(16)30-23-12-4-3-11-22(23)29-27(30)21-10-6-9-20-19-14-13-18(28)15-24(19)31-26(20)21/h3-15H,1-2H3/i1D3,2D3. The van der Waals surface area contributed by atoms with E-state index in [-0.39, 0.29) is 16.8 Å². The van der Waals surface area contributed by atoms with Gasteiger partial charge in [0.25, 0.3) is 0 Å². The van der Waals surface area contributed by atoms with Gasteiger partial charge in [-0.1, -0.05) is 42.5 Å². The third kappa shape index (κ3) is 2.61. The highest BCUT2D eigenvalue weighted by atomic mass is 19.1. The van der Waals surface area contributed by atoms with Crippen LogP contribution in [0.5, 0.6) is 0 Å². The Balaban J connectivity index is 1.78. The molecule has 6 rings (SSSR count). The van der Waals surface area contributed by atoms with Gasteiger partial charge in [-0.3, -0.25) is 4.57 Å². The molecule has 0 saturated carbocycles. The first-order valence-corrected chi connectivity index (χ1v) is 9.77. The number of halogens is 1. The Labute approximate surface area is 186 Å². The molecule has 4 aromatic carbocycles. The molecular weight excluding hydrogens is 387 g/mol. The van der Waals surface area contributed by atoms with E-state index in [1.807, 2.05) is 6.07 Å². The summed E-state index contributed by atoms with van der Waals surface area (Å²) in [6.45, 7) is -5.19. The van der Waals surface area contributed by atoms with Crippen LogP contribution in [0.3, 0.4) is 0 Å². The van der Waals surface area contributed by atoms with Gasteiger partial charge in [0.2, 0.25) is 0 Å². The van der Waals surface area contributed by atoms with E-state index in [4.69, 9.17) is 17.6 Å². The molecule has 31 heavy (non-hydrogen) atoms. The second kappa shape index (κ2) is 6.54. The molecule has 0 bridgehead atoms. The van der Waals surface area contributed by atoms with E-state index in [2.05, 4.69) is 0 Å². The quantitative estimate of drug-likeness (QED) is 0.298. The van der Waals surface area contributed by atoms with Crippen LogP contribution in [0.4, 0.5) is 4.39 Å². The van der Waals surface area contributed by atoms with Crippen molar-refractivity contribution in [1.29, 1.82) is 0 Å². The van der Waals surface area contributed by atoms with Crippen LogP contribution < -0.4 is 0 Å². The topological polar surface area (TPSA) is 31.0 Å². The summed E-state index contributed by atoms with van der Waals surface area (Å²) in [6.07, 6.45) is 0. The number of nitrogens with zero attached hydrogens (tertiary/aromatic N) is 2. The summed E-state index contributed by atoms with van der Waals surface area (Å²) in [4.78, 5) is 4.81. The van der Waals surface area contributed by atoms with Gasteiger partial charge in [0.05, 0.1) is 22.3 Å². The molecule has 0 aliphatic heterocycles. The SMILES string of the molecule is [2H]C([2H])([2H])c1cccc(C([2H])([2H])[2H])c1-n1c(-c2cccc3c2oc2cc(F)ccc23)nc2ccccc21. The summed E-state index contributed by atoms with van der Waals surface area (Å²) >= 11 is 0. The fourth-order valence-electron chi connectivity index (χ4n) is 4.17. The zero-order valence-corrected chi connectivity index (χ0v) is 16.2. The van der Waals surface area contributed by atoms with Crippen LogP contribution in [-0.2, 0) is 0 Å². The van der Waals surface area contributed by atoms with Crippen molar-refractivity contribution in [2.24, 2.45) is 0 Å². The lowest BCUT2D eigenvalue weighted by molar-refractivity contribution is 0.618. The number of rotatable bonds is 2. The van der Waals surface area contributed by atoms with Gasteiger partial charge in [-0.2, -0.15) is 0 Å². The molecular formula is C27H19FN2O. The van der Waals surface area contributed by atoms with E-state index in [1.54, 1.807) is 47.0 Å². The number of aryl methyl sites for hydroxylation is 2. The van der Waals surface area contributed by atoms with Crippen LogP contribution in [0.25, 0.3) is 50.0 Å². The van der Waals surface area contributed by atoms with Crippen LogP contribution in [0.2, 0.25) is 0 Å². The lowest BCUT2D eigenvalue weighted by Crippen LogP contribution is -2.02. The van der Waals surface area contributed by atoms with E-state index < -0.39 is 19.5 Å². The van der Waals surface area contributed by atoms with Crippen LogP contribution >= 0.6 is 0 Å². The van der Waals surface area contributed by atoms with Gasteiger partial charge in [0, 0.05) is 25.1 Å². The van der Waals surface area contributed by atoms with Crippen molar-refractivity contribution in [2.75, 3.05) is 0 Å². The van der Waals surface area contributed by atoms with E-state index in [0.717, 1.165) is 5.39 Å². The first-order valence-electron chi connectivity index (χ1n) is 12.8. The van der Waals surface area contributed by atoms with Gasteiger partial charge in [0.1, 0.15) is 22.8 Å². The lowest BCUT2D eigenvalue weighted by atomic mass is 10.1. The van der Waals surface area contributed by atoms with Crippen LogP contribution in [-0.4, -0.2) is 9.55 Å². The lowest BCUT2D eigenvalue weighted by Gasteiger charge is -2.15. The largest absolute Gasteiger partial charge is 0.455 e. The van der Waals surface area contributed by atoms with E-state index in [1.165, 1.54) is 30.3 Å². The Morgan fingerprint density at radius 2 is 1.68 bits per heavy atom. The molecule has 0 radical (unpaired) electrons. The minimum absolute atomic E-state index is 0.0327. The number of imidazole rings is 1. The number of fused-ring (bicyclic) bond motifs is 4. The molecule has 0 amide bonds. The molecule has 2 aromatic heterocycles. The van der Waals surface area contributed by atoms with Crippen LogP contribution in [0.1, 0.15) is 19.4 Å². The molecule has 0 unspecified atom stereocenters. The summed E-state index contributed by atoms with van der Waals surface area (Å²) in [6, 6.07) is 21.1. The molecule has 0 saturated heterocycles. The van der Waals surface area contributed by atoms with Crippen LogP contribution in [0.15, 0.2) is 83.3 Å². The summed E-state index contributed by atoms with van der Waals surface area (Å²) in [7, 11) is 0. The predicted molar refractivity (Wildman–Crippen MR) is 123 cm³/mol. The fraction of sp³-hybridized carbons (Fsp3) is 0.0741. The monoisotopic (exact) mass is 412 g/mol. The van der Waals surface area contributed by atoms with Crippen molar-refractivity contribution in [2.45, 2.75) is 13.7 Å². The third-order valence-corrected chi connectivity index (χ3v) is 5.52. The highest BCUT2D eigenvalue weighted by Crippen LogP contribution is 2.38. The van der Waals surface area contributed by atoms with Crippen LogP contribution in [0, 0.1) is 19.5 Å². The van der Waals surface area contributed by atoms with Crippen molar-refractivity contribution >= 4 is 33.0 Å². The van der Waals surface area contributed by atoms with Crippen molar-refractivity contribution < 1.29 is 17.0 Å². The number of furan rings is 1. The zero-order valence-electron chi connectivity index (χ0n) is 22.2. The first-order chi connectivity index (χ1) is 17.5. The van der Waals surface area contributed by atoms with Gasteiger partial charge in [-0.25, -0.2) is 9.37 Å². The highest BCUT2D eigenvalue weighted by molar-refractivity contribution is 6.09. The number of hydrogen-bond acceptors (Lipinski definition) is 2. The summed E-state index contributed by atoms with van der Waals surface area (Å²) in [5, 5.41) is 1.44. The van der Waals surface area contributed by atoms with Gasteiger partial charge in [-0.05, 0) is 55.2 Å². The molecule has 0 N–H and O–H groups in total. The maximum Gasteiger partial charge on any atom is 0.149 e. The van der Waals surface area contributed by atoms with Gasteiger partial charge < -0.3 is 4.42 Å². The average Bonchev–Trinajstić information content (AvgIpc) is 3.40. The molecule has 0 aliphatic rings. The third-order valence-electron chi connectivity index (χ3n) is 5.52. The molecule has 0 fully saturated rings. The second-order valence-corrected chi connectivity index (χ2v) is 7.39. The Bertz CT molecular complexity index is 1800. The second-order valence-electron chi connectivity index (χ2n) is 7.39. The smallest absolute Gasteiger partial charge is 0.149 e. The molecule has 0 spiro atoms. The zero-order chi connectivity index (χ0) is 26.1. The Morgan fingerprint density at radius 1 is 0.871 bits per heavy atom. The van der Waals surface area contributed by atoms with Crippen molar-refractivity contribution in [1.82, 2.24) is 9.55 Å². The molecule has 6 aromatic rings. The van der Waals surface area contributed by atoms with E-state index >= 15 is 0 Å². The molecule has 0 atom stereocenters. The Kier molecular flexibility index (Phi) is 2.68. The maximum absolute atomic E-state index is 13.9. The van der Waals surface area contributed by atoms with Crippen molar-refractivity contribution in [3.63, 3.8) is 0 Å². The summed E-state index contributed by atoms with van der Waals surface area (Å²) < 4.78 is 70.7. The summed E-state index contributed by atoms with van der Waals surface area (Å²) in [5.41, 5.74) is 2.21. The van der Waals surface area contributed by atoms with Crippen molar-refractivity contribution in [3.8, 4) is 17.1 Å². The molecule has 2 heterocycles. The van der Waals surface area contributed by atoms with E-state index in [9.17, 15) is 4.39 Å². The number of benzene rings is 4. The summed E-state index contributed by atoms with van der Waals surface area (Å²) in [5.74, 6) is -0.122. The Hall–Kier alpha value is -3.92. The van der Waals surface area contributed by atoms with Gasteiger partial charge in [0.15, 0.2) is 0 Å². The number of hydrogen-bond donors (Lipinski definition) is 0. The maximum atomic E-state index is 13.9. The van der Waals surface area contributed by atoms with Gasteiger partial charge >= 0.3 is 0 Å². The number of para-hydroxylation sites is 4. The molecule has 0 aliphatic carbocycles. The van der Waals surface area contributed by atoms with Gasteiger partial charge in [-0.15, -0.1) is 0 Å². The van der Waals surface area contributed by atoms with Crippen molar-refractivity contribution in [3.05, 3.63) is 95.8 Å². The Morgan fingerprint density at radius 3 is 2.52 bits per heavy atom. The number of aromatic nitrogens is 2. The fourth-order valence-corrected chi connectivity index (χ4v) is 4.17. The van der Waals surface area contributed by atoms with E-state index in [0.29, 0.717) is 39.0 Å². The normalized spacial score (nSPS) is 15.4. The molecule has 4 heteroatoms. The molecule has 3 nitrogen and oxygen atoms in total. The molecule has 150 valence electrons. The average molecular weight is 412 g/mol. The minimum atomic E-state index is -2.60. The first kappa shape index (κ1) is 12.7. The highest BCUT2D eigenvalue weighted by Gasteiger charge is 2.21. The minimum Gasteiger partial charge on any atom is -0.455 e.